The highest BCUT2D eigenvalue weighted by molar-refractivity contribution is 4.63. The van der Waals surface area contributed by atoms with Gasteiger partial charge in [-0.25, -0.2) is 9.78 Å². The Kier molecular flexibility index (Phi) is 4.55. The molecule has 0 bridgehead atoms. The number of hydrogen-bond donors (Lipinski definition) is 0. The Hall–Kier alpha value is -0.0800. The molecule has 66 valence electrons. The molecular formula is C9H18O2. The maximum absolute atomic E-state index is 5.02. The fraction of sp³-hybridized carbons (Fsp3) is 1.00. The van der Waals surface area contributed by atoms with Crippen molar-refractivity contribution < 1.29 is 9.78 Å². The molecular weight excluding hydrogens is 140 g/mol. The first-order chi connectivity index (χ1) is 5.43. The van der Waals surface area contributed by atoms with Gasteiger partial charge in [-0.2, -0.15) is 0 Å². The van der Waals surface area contributed by atoms with Crippen molar-refractivity contribution >= 4 is 0 Å². The standard InChI is InChI=1S/C9H18O2/c1-2-10-11-8-9-6-4-3-5-7-9/h9H,2-8H2,1H3. The van der Waals surface area contributed by atoms with Gasteiger partial charge in [0.15, 0.2) is 0 Å². The van der Waals surface area contributed by atoms with Gasteiger partial charge in [0.2, 0.25) is 0 Å². The van der Waals surface area contributed by atoms with Crippen LogP contribution < -0.4 is 0 Å². The summed E-state index contributed by atoms with van der Waals surface area (Å²) in [6, 6.07) is 0. The van der Waals surface area contributed by atoms with E-state index in [1.807, 2.05) is 6.92 Å². The van der Waals surface area contributed by atoms with Crippen molar-refractivity contribution in [3.05, 3.63) is 0 Å². The predicted octanol–water partition coefficient (Wildman–Crippen LogP) is 2.53. The van der Waals surface area contributed by atoms with Crippen molar-refractivity contribution in [3.8, 4) is 0 Å². The number of rotatable bonds is 4. The van der Waals surface area contributed by atoms with Crippen molar-refractivity contribution in [2.45, 2.75) is 39.0 Å². The van der Waals surface area contributed by atoms with Crippen molar-refractivity contribution in [2.75, 3.05) is 13.2 Å². The zero-order valence-corrected chi connectivity index (χ0v) is 7.34. The van der Waals surface area contributed by atoms with Crippen LogP contribution in [0.15, 0.2) is 0 Å². The molecule has 0 heterocycles. The van der Waals surface area contributed by atoms with Crippen LogP contribution in [0.2, 0.25) is 0 Å². The van der Waals surface area contributed by atoms with Crippen molar-refractivity contribution in [1.82, 2.24) is 0 Å². The monoisotopic (exact) mass is 158 g/mol. The van der Waals surface area contributed by atoms with Crippen LogP contribution in [0.5, 0.6) is 0 Å². The normalized spacial score (nSPS) is 20.5. The van der Waals surface area contributed by atoms with Gasteiger partial charge in [0.05, 0.1) is 13.2 Å². The summed E-state index contributed by atoms with van der Waals surface area (Å²) in [5.74, 6) is 0.760. The summed E-state index contributed by atoms with van der Waals surface area (Å²) in [4.78, 5) is 9.86. The molecule has 0 saturated heterocycles. The lowest BCUT2D eigenvalue weighted by Gasteiger charge is -2.20. The lowest BCUT2D eigenvalue weighted by Crippen LogP contribution is -2.13. The summed E-state index contributed by atoms with van der Waals surface area (Å²) < 4.78 is 0. The minimum Gasteiger partial charge on any atom is -0.237 e. The molecule has 0 amide bonds. The first-order valence-electron chi connectivity index (χ1n) is 4.68. The van der Waals surface area contributed by atoms with E-state index in [-0.39, 0.29) is 0 Å². The molecule has 0 atom stereocenters. The highest BCUT2D eigenvalue weighted by atomic mass is 17.2. The summed E-state index contributed by atoms with van der Waals surface area (Å²) in [6.07, 6.45) is 6.81. The summed E-state index contributed by atoms with van der Waals surface area (Å²) in [6.45, 7) is 3.40. The Morgan fingerprint density at radius 3 is 2.45 bits per heavy atom. The Bertz CT molecular complexity index is 87.6. The molecule has 0 N–H and O–H groups in total. The average Bonchev–Trinajstić information content (AvgIpc) is 2.07. The van der Waals surface area contributed by atoms with Crippen LogP contribution in [0.4, 0.5) is 0 Å². The van der Waals surface area contributed by atoms with Gasteiger partial charge < -0.3 is 0 Å². The molecule has 0 aromatic carbocycles. The van der Waals surface area contributed by atoms with Crippen LogP contribution in [0, 0.1) is 5.92 Å². The highest BCUT2D eigenvalue weighted by Gasteiger charge is 2.13. The Labute approximate surface area is 68.8 Å². The van der Waals surface area contributed by atoms with Crippen molar-refractivity contribution in [1.29, 1.82) is 0 Å². The van der Waals surface area contributed by atoms with E-state index in [1.54, 1.807) is 0 Å². The number of hydrogen-bond acceptors (Lipinski definition) is 2. The first-order valence-corrected chi connectivity index (χ1v) is 4.68. The van der Waals surface area contributed by atoms with E-state index in [4.69, 9.17) is 9.78 Å². The first kappa shape index (κ1) is 9.01. The Balaban J connectivity index is 1.96. The van der Waals surface area contributed by atoms with E-state index in [9.17, 15) is 0 Å². The van der Waals surface area contributed by atoms with Gasteiger partial charge in [-0.1, -0.05) is 19.3 Å². The molecule has 1 fully saturated rings. The molecule has 0 aromatic rings. The molecule has 2 heteroatoms. The summed E-state index contributed by atoms with van der Waals surface area (Å²) in [5, 5.41) is 0. The molecule has 1 aliphatic rings. The SMILES string of the molecule is CCOOCC1CCCCC1. The van der Waals surface area contributed by atoms with Crippen LogP contribution in [0.25, 0.3) is 0 Å². The third-order valence-electron chi connectivity index (χ3n) is 2.23. The van der Waals surface area contributed by atoms with Gasteiger partial charge in [-0.15, -0.1) is 0 Å². The van der Waals surface area contributed by atoms with Crippen LogP contribution >= 0.6 is 0 Å². The quantitative estimate of drug-likeness (QED) is 0.355. The third-order valence-corrected chi connectivity index (χ3v) is 2.23. The second kappa shape index (κ2) is 5.56. The van der Waals surface area contributed by atoms with E-state index in [0.717, 1.165) is 12.5 Å². The topological polar surface area (TPSA) is 18.5 Å². The summed E-state index contributed by atoms with van der Waals surface area (Å²) in [7, 11) is 0. The predicted molar refractivity (Wildman–Crippen MR) is 44.2 cm³/mol. The van der Waals surface area contributed by atoms with E-state index in [1.165, 1.54) is 32.1 Å². The third kappa shape index (κ3) is 3.73. The van der Waals surface area contributed by atoms with E-state index < -0.39 is 0 Å². The highest BCUT2D eigenvalue weighted by Crippen LogP contribution is 2.23. The minimum atomic E-state index is 0.659. The molecule has 0 radical (unpaired) electrons. The molecule has 0 unspecified atom stereocenters. The molecule has 1 aliphatic carbocycles. The molecule has 1 saturated carbocycles. The Morgan fingerprint density at radius 1 is 1.09 bits per heavy atom. The second-order valence-corrected chi connectivity index (χ2v) is 3.20. The largest absolute Gasteiger partial charge is 0.237 e. The molecule has 2 nitrogen and oxygen atoms in total. The Morgan fingerprint density at radius 2 is 1.82 bits per heavy atom. The zero-order chi connectivity index (χ0) is 7.94. The fourth-order valence-electron chi connectivity index (χ4n) is 1.58. The van der Waals surface area contributed by atoms with Gasteiger partial charge in [0, 0.05) is 0 Å². The van der Waals surface area contributed by atoms with E-state index >= 15 is 0 Å². The molecule has 0 spiro atoms. The van der Waals surface area contributed by atoms with Crippen LogP contribution in [-0.2, 0) is 9.78 Å². The smallest absolute Gasteiger partial charge is 0.0850 e. The fourth-order valence-corrected chi connectivity index (χ4v) is 1.58. The minimum absolute atomic E-state index is 0.659. The van der Waals surface area contributed by atoms with Gasteiger partial charge in [0.1, 0.15) is 0 Å². The van der Waals surface area contributed by atoms with Gasteiger partial charge in [-0.3, -0.25) is 0 Å². The van der Waals surface area contributed by atoms with Gasteiger partial charge in [0.25, 0.3) is 0 Å². The average molecular weight is 158 g/mol. The zero-order valence-electron chi connectivity index (χ0n) is 7.34. The van der Waals surface area contributed by atoms with Crippen LogP contribution in [-0.4, -0.2) is 13.2 Å². The van der Waals surface area contributed by atoms with Crippen molar-refractivity contribution in [3.63, 3.8) is 0 Å². The van der Waals surface area contributed by atoms with Gasteiger partial charge >= 0.3 is 0 Å². The molecule has 0 aromatic heterocycles. The van der Waals surface area contributed by atoms with Gasteiger partial charge in [-0.05, 0) is 25.7 Å². The lowest BCUT2D eigenvalue weighted by molar-refractivity contribution is -0.299. The molecule has 11 heavy (non-hydrogen) atoms. The molecule has 0 aliphatic heterocycles. The maximum Gasteiger partial charge on any atom is 0.0850 e. The second-order valence-electron chi connectivity index (χ2n) is 3.20. The lowest BCUT2D eigenvalue weighted by atomic mass is 9.90. The maximum atomic E-state index is 5.02. The summed E-state index contributed by atoms with van der Waals surface area (Å²) in [5.41, 5.74) is 0. The van der Waals surface area contributed by atoms with Crippen LogP contribution in [0.3, 0.4) is 0 Å². The van der Waals surface area contributed by atoms with E-state index in [0.29, 0.717) is 6.61 Å². The van der Waals surface area contributed by atoms with Crippen LogP contribution in [0.1, 0.15) is 39.0 Å². The molecule has 1 rings (SSSR count). The van der Waals surface area contributed by atoms with E-state index in [2.05, 4.69) is 0 Å². The van der Waals surface area contributed by atoms with Crippen molar-refractivity contribution in [2.24, 2.45) is 5.92 Å². The summed E-state index contributed by atoms with van der Waals surface area (Å²) >= 11 is 0.